The Labute approximate surface area is 167 Å². The predicted molar refractivity (Wildman–Crippen MR) is 107 cm³/mol. The normalized spacial score (nSPS) is 10.4. The second-order valence-electron chi connectivity index (χ2n) is 5.66. The maximum atomic E-state index is 12.6. The minimum absolute atomic E-state index is 0.186. The molecule has 138 valence electrons. The number of ether oxygens (including phenoxy) is 1. The summed E-state index contributed by atoms with van der Waals surface area (Å²) in [6.07, 6.45) is 0.691. The summed E-state index contributed by atoms with van der Waals surface area (Å²) in [6, 6.07) is 19.0. The van der Waals surface area contributed by atoms with Crippen LogP contribution in [0.4, 0.5) is 0 Å². The molecule has 1 heterocycles. The zero-order valence-corrected chi connectivity index (χ0v) is 16.3. The van der Waals surface area contributed by atoms with Crippen LogP contribution in [0, 0.1) is 0 Å². The third kappa shape index (κ3) is 5.45. The van der Waals surface area contributed by atoms with Crippen molar-refractivity contribution >= 4 is 29.3 Å². The SMILES string of the molecule is COc1cccc(CCNC(=O)c2cc(Cl)nnc2Sc2ccccc2)c1. The van der Waals surface area contributed by atoms with Gasteiger partial charge >= 0.3 is 0 Å². The molecule has 1 amide bonds. The summed E-state index contributed by atoms with van der Waals surface area (Å²) in [7, 11) is 1.63. The zero-order chi connectivity index (χ0) is 19.1. The van der Waals surface area contributed by atoms with E-state index in [1.165, 1.54) is 11.8 Å². The number of methoxy groups -OCH3 is 1. The second-order valence-corrected chi connectivity index (χ2v) is 7.11. The average molecular weight is 400 g/mol. The van der Waals surface area contributed by atoms with E-state index in [4.69, 9.17) is 16.3 Å². The highest BCUT2D eigenvalue weighted by molar-refractivity contribution is 7.99. The van der Waals surface area contributed by atoms with E-state index in [9.17, 15) is 4.79 Å². The third-order valence-electron chi connectivity index (χ3n) is 3.77. The Balaban J connectivity index is 1.67. The van der Waals surface area contributed by atoms with Crippen LogP contribution in [0.25, 0.3) is 0 Å². The van der Waals surface area contributed by atoms with Crippen molar-refractivity contribution in [2.24, 2.45) is 0 Å². The minimum Gasteiger partial charge on any atom is -0.497 e. The topological polar surface area (TPSA) is 64.1 Å². The molecule has 7 heteroatoms. The highest BCUT2D eigenvalue weighted by Gasteiger charge is 2.15. The van der Waals surface area contributed by atoms with E-state index in [1.54, 1.807) is 13.2 Å². The monoisotopic (exact) mass is 399 g/mol. The van der Waals surface area contributed by atoms with Crippen LogP contribution in [0.1, 0.15) is 15.9 Å². The van der Waals surface area contributed by atoms with Gasteiger partial charge in [0, 0.05) is 11.4 Å². The molecular formula is C20H18ClN3O2S. The van der Waals surface area contributed by atoms with E-state index in [0.717, 1.165) is 16.2 Å². The summed E-state index contributed by atoms with van der Waals surface area (Å²) in [6.45, 7) is 0.487. The summed E-state index contributed by atoms with van der Waals surface area (Å²) >= 11 is 7.33. The molecule has 0 atom stereocenters. The van der Waals surface area contributed by atoms with Crippen molar-refractivity contribution in [1.82, 2.24) is 15.5 Å². The molecule has 0 bridgehead atoms. The van der Waals surface area contributed by atoms with Crippen molar-refractivity contribution in [3.05, 3.63) is 76.9 Å². The molecule has 1 N–H and O–H groups in total. The molecule has 0 aliphatic rings. The Hall–Kier alpha value is -2.57. The molecule has 0 unspecified atom stereocenters. The van der Waals surface area contributed by atoms with Crippen LogP contribution >= 0.6 is 23.4 Å². The van der Waals surface area contributed by atoms with Gasteiger partial charge in [-0.3, -0.25) is 4.79 Å². The number of hydrogen-bond donors (Lipinski definition) is 1. The second kappa shape index (κ2) is 9.39. The fraction of sp³-hybridized carbons (Fsp3) is 0.150. The van der Waals surface area contributed by atoms with Gasteiger partial charge in [0.2, 0.25) is 0 Å². The van der Waals surface area contributed by atoms with Crippen LogP contribution in [0.15, 0.2) is 70.6 Å². The molecule has 1 aromatic heterocycles. The van der Waals surface area contributed by atoms with Crippen LogP contribution in [0.5, 0.6) is 5.75 Å². The number of carbonyl (C=O) groups is 1. The third-order valence-corrected chi connectivity index (χ3v) is 4.95. The molecule has 27 heavy (non-hydrogen) atoms. The van der Waals surface area contributed by atoms with E-state index in [-0.39, 0.29) is 11.1 Å². The Bertz CT molecular complexity index is 922. The number of carbonyl (C=O) groups excluding carboxylic acids is 1. The van der Waals surface area contributed by atoms with E-state index < -0.39 is 0 Å². The van der Waals surface area contributed by atoms with Gasteiger partial charge in [-0.2, -0.15) is 0 Å². The fourth-order valence-corrected chi connectivity index (χ4v) is 3.45. The van der Waals surface area contributed by atoms with Crippen LogP contribution in [0.3, 0.4) is 0 Å². The Morgan fingerprint density at radius 3 is 2.70 bits per heavy atom. The number of benzene rings is 2. The quantitative estimate of drug-likeness (QED) is 0.643. The lowest BCUT2D eigenvalue weighted by Crippen LogP contribution is -2.26. The molecule has 0 saturated carbocycles. The van der Waals surface area contributed by atoms with Gasteiger partial charge in [0.15, 0.2) is 5.15 Å². The van der Waals surface area contributed by atoms with Crippen molar-refractivity contribution in [3.8, 4) is 5.75 Å². The van der Waals surface area contributed by atoms with Crippen molar-refractivity contribution in [2.75, 3.05) is 13.7 Å². The van der Waals surface area contributed by atoms with Gasteiger partial charge in [-0.05, 0) is 42.3 Å². The lowest BCUT2D eigenvalue weighted by Gasteiger charge is -2.09. The first-order chi connectivity index (χ1) is 13.2. The van der Waals surface area contributed by atoms with Crippen molar-refractivity contribution in [3.63, 3.8) is 0 Å². The minimum atomic E-state index is -0.229. The first kappa shape index (κ1) is 19.2. The lowest BCUT2D eigenvalue weighted by atomic mass is 10.1. The van der Waals surface area contributed by atoms with Crippen LogP contribution < -0.4 is 10.1 Å². The Kier molecular flexibility index (Phi) is 6.68. The van der Waals surface area contributed by atoms with E-state index in [1.807, 2.05) is 54.6 Å². The van der Waals surface area contributed by atoms with Crippen LogP contribution in [-0.4, -0.2) is 29.8 Å². The van der Waals surface area contributed by atoms with E-state index >= 15 is 0 Å². The van der Waals surface area contributed by atoms with E-state index in [0.29, 0.717) is 23.6 Å². The highest BCUT2D eigenvalue weighted by Crippen LogP contribution is 2.29. The first-order valence-electron chi connectivity index (χ1n) is 8.33. The summed E-state index contributed by atoms with van der Waals surface area (Å²) < 4.78 is 5.22. The number of rotatable bonds is 7. The maximum absolute atomic E-state index is 12.6. The molecule has 0 fully saturated rings. The molecule has 5 nitrogen and oxygen atoms in total. The number of nitrogens with zero attached hydrogens (tertiary/aromatic N) is 2. The highest BCUT2D eigenvalue weighted by atomic mass is 35.5. The van der Waals surface area contributed by atoms with Gasteiger partial charge in [0.05, 0.1) is 12.7 Å². The first-order valence-corrected chi connectivity index (χ1v) is 9.52. The number of aromatic nitrogens is 2. The molecule has 0 radical (unpaired) electrons. The molecule has 3 aromatic rings. The van der Waals surface area contributed by atoms with Crippen molar-refractivity contribution in [2.45, 2.75) is 16.3 Å². The van der Waals surface area contributed by atoms with Gasteiger partial charge in [-0.1, -0.05) is 53.7 Å². The molecule has 0 aliphatic heterocycles. The summed E-state index contributed by atoms with van der Waals surface area (Å²) in [5.74, 6) is 0.568. The molecular weight excluding hydrogens is 382 g/mol. The number of halogens is 1. The Morgan fingerprint density at radius 2 is 1.93 bits per heavy atom. The Morgan fingerprint density at radius 1 is 1.11 bits per heavy atom. The molecule has 0 aliphatic carbocycles. The van der Waals surface area contributed by atoms with Gasteiger partial charge in [-0.25, -0.2) is 0 Å². The fourth-order valence-electron chi connectivity index (χ4n) is 2.44. The van der Waals surface area contributed by atoms with Gasteiger partial charge in [0.1, 0.15) is 10.8 Å². The number of hydrogen-bond acceptors (Lipinski definition) is 5. The van der Waals surface area contributed by atoms with E-state index in [2.05, 4.69) is 15.5 Å². The smallest absolute Gasteiger partial charge is 0.254 e. The van der Waals surface area contributed by atoms with Gasteiger partial charge in [-0.15, -0.1) is 10.2 Å². The van der Waals surface area contributed by atoms with Crippen LogP contribution in [-0.2, 0) is 6.42 Å². The average Bonchev–Trinajstić information content (AvgIpc) is 2.70. The molecule has 2 aromatic carbocycles. The maximum Gasteiger partial charge on any atom is 0.254 e. The lowest BCUT2D eigenvalue weighted by molar-refractivity contribution is 0.0950. The number of nitrogens with one attached hydrogen (secondary N) is 1. The van der Waals surface area contributed by atoms with Crippen LogP contribution in [0.2, 0.25) is 5.15 Å². The molecule has 0 saturated heterocycles. The predicted octanol–water partition coefficient (Wildman–Crippen LogP) is 4.26. The van der Waals surface area contributed by atoms with Crippen molar-refractivity contribution < 1.29 is 9.53 Å². The van der Waals surface area contributed by atoms with Crippen molar-refractivity contribution in [1.29, 1.82) is 0 Å². The summed E-state index contributed by atoms with van der Waals surface area (Å²) in [4.78, 5) is 13.6. The molecule has 3 rings (SSSR count). The van der Waals surface area contributed by atoms with Gasteiger partial charge < -0.3 is 10.1 Å². The zero-order valence-electron chi connectivity index (χ0n) is 14.7. The van der Waals surface area contributed by atoms with Gasteiger partial charge in [0.25, 0.3) is 5.91 Å². The standard InChI is InChI=1S/C20H18ClN3O2S/c1-26-15-7-5-6-14(12-15)10-11-22-19(25)17-13-18(21)23-24-20(17)27-16-8-3-2-4-9-16/h2-9,12-13H,10-11H2,1H3,(H,22,25). The number of amides is 1. The molecule has 0 spiro atoms. The summed E-state index contributed by atoms with van der Waals surface area (Å²) in [5, 5.41) is 11.6. The summed E-state index contributed by atoms with van der Waals surface area (Å²) in [5.41, 5.74) is 1.49. The largest absolute Gasteiger partial charge is 0.497 e.